The Bertz CT molecular complexity index is 801. The molecule has 0 saturated heterocycles. The Balaban J connectivity index is 2.13. The molecule has 0 aliphatic rings. The number of aromatic nitrogens is 1. The fourth-order valence-electron chi connectivity index (χ4n) is 2.15. The maximum absolute atomic E-state index is 11.9. The Kier molecular flexibility index (Phi) is 2.91. The number of rotatable bonds is 2. The quantitative estimate of drug-likeness (QED) is 0.715. The molecule has 0 amide bonds. The van der Waals surface area contributed by atoms with Crippen molar-refractivity contribution in [3.63, 3.8) is 0 Å². The number of aryl methyl sites for hydroxylation is 1. The molecule has 0 spiro atoms. The van der Waals surface area contributed by atoms with Crippen LogP contribution in [0.2, 0.25) is 5.02 Å². The first-order valence-corrected chi connectivity index (χ1v) is 6.36. The molecule has 0 radical (unpaired) electrons. The smallest absolute Gasteiger partial charge is 0.408 e. The van der Waals surface area contributed by atoms with Gasteiger partial charge in [-0.25, -0.2) is 4.79 Å². The summed E-state index contributed by atoms with van der Waals surface area (Å²) < 4.78 is 6.83. The lowest BCUT2D eigenvalue weighted by Crippen LogP contribution is -2.15. The predicted octanol–water partition coefficient (Wildman–Crippen LogP) is 3.60. The van der Waals surface area contributed by atoms with E-state index in [9.17, 15) is 4.79 Å². The fraction of sp³-hybridized carbons (Fsp3) is 0.133. The Morgan fingerprint density at radius 3 is 2.79 bits per heavy atom. The van der Waals surface area contributed by atoms with Crippen molar-refractivity contribution in [2.24, 2.45) is 0 Å². The highest BCUT2D eigenvalue weighted by molar-refractivity contribution is 6.31. The molecule has 0 N–H and O–H groups in total. The number of hydrogen-bond donors (Lipinski definition) is 0. The van der Waals surface area contributed by atoms with Gasteiger partial charge in [0, 0.05) is 11.1 Å². The van der Waals surface area contributed by atoms with E-state index in [0.29, 0.717) is 17.2 Å². The van der Waals surface area contributed by atoms with Crippen molar-refractivity contribution in [2.45, 2.75) is 13.5 Å². The van der Waals surface area contributed by atoms with Crippen molar-refractivity contribution in [2.75, 3.05) is 0 Å². The second kappa shape index (κ2) is 4.59. The average Bonchev–Trinajstić information content (AvgIpc) is 2.68. The average molecular weight is 274 g/mol. The second-order valence-corrected chi connectivity index (χ2v) is 4.93. The van der Waals surface area contributed by atoms with E-state index < -0.39 is 0 Å². The van der Waals surface area contributed by atoms with Gasteiger partial charge < -0.3 is 4.42 Å². The van der Waals surface area contributed by atoms with E-state index >= 15 is 0 Å². The number of fused-ring (bicyclic) bond motifs is 1. The molecule has 2 aromatic carbocycles. The third kappa shape index (κ3) is 2.17. The van der Waals surface area contributed by atoms with Gasteiger partial charge in [-0.2, -0.15) is 0 Å². The summed E-state index contributed by atoms with van der Waals surface area (Å²) in [5, 5.41) is 0.560. The van der Waals surface area contributed by atoms with Crippen LogP contribution in [0.15, 0.2) is 51.7 Å². The van der Waals surface area contributed by atoms with Gasteiger partial charge in [0.25, 0.3) is 0 Å². The summed E-state index contributed by atoms with van der Waals surface area (Å²) in [6.45, 7) is 2.53. The third-order valence-corrected chi connectivity index (χ3v) is 3.46. The summed E-state index contributed by atoms with van der Waals surface area (Å²) in [5.41, 5.74) is 3.53. The van der Waals surface area contributed by atoms with Gasteiger partial charge in [0.2, 0.25) is 0 Å². The molecule has 1 aromatic heterocycles. The zero-order chi connectivity index (χ0) is 13.4. The number of halogens is 1. The zero-order valence-electron chi connectivity index (χ0n) is 10.4. The number of hydrogen-bond acceptors (Lipinski definition) is 2. The molecular formula is C15H12ClNO2. The van der Waals surface area contributed by atoms with Crippen molar-refractivity contribution >= 4 is 22.7 Å². The number of nitrogens with zero attached hydrogens (tertiary/aromatic N) is 1. The molecule has 19 heavy (non-hydrogen) atoms. The van der Waals surface area contributed by atoms with Crippen molar-refractivity contribution in [3.8, 4) is 0 Å². The van der Waals surface area contributed by atoms with Gasteiger partial charge in [-0.3, -0.25) is 4.57 Å². The fourth-order valence-corrected chi connectivity index (χ4v) is 2.31. The van der Waals surface area contributed by atoms with E-state index in [2.05, 4.69) is 0 Å². The molecule has 3 rings (SSSR count). The molecule has 3 nitrogen and oxygen atoms in total. The number of oxazole rings is 1. The van der Waals surface area contributed by atoms with Crippen molar-refractivity contribution in [1.29, 1.82) is 0 Å². The first-order valence-electron chi connectivity index (χ1n) is 5.98. The molecule has 0 bridgehead atoms. The maximum atomic E-state index is 11.9. The highest BCUT2D eigenvalue weighted by Gasteiger charge is 2.10. The summed E-state index contributed by atoms with van der Waals surface area (Å²) in [4.78, 5) is 11.9. The van der Waals surface area contributed by atoms with Gasteiger partial charge in [-0.15, -0.1) is 0 Å². The highest BCUT2D eigenvalue weighted by atomic mass is 35.5. The molecule has 96 valence electrons. The zero-order valence-corrected chi connectivity index (χ0v) is 11.1. The van der Waals surface area contributed by atoms with E-state index in [-0.39, 0.29) is 5.76 Å². The Hall–Kier alpha value is -2.00. The lowest BCUT2D eigenvalue weighted by molar-refractivity contribution is 0.517. The molecule has 0 fully saturated rings. The van der Waals surface area contributed by atoms with Crippen LogP contribution in [0, 0.1) is 6.92 Å². The van der Waals surface area contributed by atoms with Gasteiger partial charge in [0.1, 0.15) is 0 Å². The van der Waals surface area contributed by atoms with Gasteiger partial charge in [0.05, 0.1) is 12.1 Å². The van der Waals surface area contributed by atoms with E-state index in [0.717, 1.165) is 16.6 Å². The Morgan fingerprint density at radius 2 is 2.00 bits per heavy atom. The highest BCUT2D eigenvalue weighted by Crippen LogP contribution is 2.19. The summed E-state index contributed by atoms with van der Waals surface area (Å²) in [6, 6.07) is 13.2. The van der Waals surface area contributed by atoms with Crippen LogP contribution in [0.4, 0.5) is 0 Å². The number of benzene rings is 2. The first-order chi connectivity index (χ1) is 9.15. The molecule has 0 aliphatic heterocycles. The van der Waals surface area contributed by atoms with Gasteiger partial charge in [-0.05, 0) is 30.2 Å². The van der Waals surface area contributed by atoms with Crippen LogP contribution in [0.5, 0.6) is 0 Å². The standard InChI is InChI=1S/C15H12ClNO2/c1-10-4-2-3-5-11(10)9-17-13-7-6-12(16)8-14(13)19-15(17)18/h2-8H,9H2,1H3. The van der Waals surface area contributed by atoms with Gasteiger partial charge in [0.15, 0.2) is 5.58 Å². The SMILES string of the molecule is Cc1ccccc1Cn1c(=O)oc2cc(Cl)ccc21. The van der Waals surface area contributed by atoms with E-state index in [1.54, 1.807) is 22.8 Å². The van der Waals surface area contributed by atoms with Crippen LogP contribution in [-0.2, 0) is 6.54 Å². The van der Waals surface area contributed by atoms with E-state index in [1.807, 2.05) is 31.2 Å². The van der Waals surface area contributed by atoms with Crippen LogP contribution in [-0.4, -0.2) is 4.57 Å². The largest absolute Gasteiger partial charge is 0.420 e. The third-order valence-electron chi connectivity index (χ3n) is 3.22. The van der Waals surface area contributed by atoms with E-state index in [1.165, 1.54) is 0 Å². The van der Waals surface area contributed by atoms with Crippen molar-refractivity contribution in [3.05, 3.63) is 69.2 Å². The van der Waals surface area contributed by atoms with Gasteiger partial charge >= 0.3 is 5.76 Å². The first kappa shape index (κ1) is 12.1. The Labute approximate surface area is 115 Å². The minimum Gasteiger partial charge on any atom is -0.408 e. The maximum Gasteiger partial charge on any atom is 0.420 e. The molecule has 0 atom stereocenters. The molecule has 1 heterocycles. The predicted molar refractivity (Wildman–Crippen MR) is 75.8 cm³/mol. The minimum absolute atomic E-state index is 0.361. The summed E-state index contributed by atoms with van der Waals surface area (Å²) in [7, 11) is 0. The van der Waals surface area contributed by atoms with Crippen molar-refractivity contribution in [1.82, 2.24) is 4.57 Å². The molecule has 0 unspecified atom stereocenters. The summed E-state index contributed by atoms with van der Waals surface area (Å²) in [6.07, 6.45) is 0. The van der Waals surface area contributed by atoms with Crippen molar-refractivity contribution < 1.29 is 4.42 Å². The van der Waals surface area contributed by atoms with Gasteiger partial charge in [-0.1, -0.05) is 35.9 Å². The van der Waals surface area contributed by atoms with E-state index in [4.69, 9.17) is 16.0 Å². The minimum atomic E-state index is -0.361. The lowest BCUT2D eigenvalue weighted by Gasteiger charge is -2.05. The molecule has 3 aromatic rings. The topological polar surface area (TPSA) is 35.1 Å². The normalized spacial score (nSPS) is 11.1. The molecular weight excluding hydrogens is 262 g/mol. The molecule has 0 saturated carbocycles. The summed E-state index contributed by atoms with van der Waals surface area (Å²) in [5.74, 6) is -0.361. The molecule has 0 aliphatic carbocycles. The van der Waals surface area contributed by atoms with Crippen LogP contribution < -0.4 is 5.76 Å². The van der Waals surface area contributed by atoms with Crippen LogP contribution in [0.1, 0.15) is 11.1 Å². The Morgan fingerprint density at radius 1 is 1.21 bits per heavy atom. The summed E-state index contributed by atoms with van der Waals surface area (Å²) >= 11 is 5.89. The second-order valence-electron chi connectivity index (χ2n) is 4.49. The lowest BCUT2D eigenvalue weighted by atomic mass is 10.1. The monoisotopic (exact) mass is 273 g/mol. The van der Waals surface area contributed by atoms with Crippen LogP contribution in [0.25, 0.3) is 11.1 Å². The van der Waals surface area contributed by atoms with Crippen LogP contribution in [0.3, 0.4) is 0 Å². The molecule has 4 heteroatoms. The van der Waals surface area contributed by atoms with Crippen LogP contribution >= 0.6 is 11.6 Å².